The molecule has 0 aliphatic carbocycles. The maximum absolute atomic E-state index is 10.6. The Morgan fingerprint density at radius 3 is 2.67 bits per heavy atom. The molecule has 0 bridgehead atoms. The van der Waals surface area contributed by atoms with Gasteiger partial charge >= 0.3 is 5.97 Å². The zero-order valence-corrected chi connectivity index (χ0v) is 8.01. The lowest BCUT2D eigenvalue weighted by Gasteiger charge is -2.13. The lowest BCUT2D eigenvalue weighted by atomic mass is 10.0. The number of pyridine rings is 1. The molecule has 0 radical (unpaired) electrons. The molecule has 82 valence electrons. The van der Waals surface area contributed by atoms with E-state index in [0.29, 0.717) is 0 Å². The van der Waals surface area contributed by atoms with E-state index < -0.39 is 24.4 Å². The van der Waals surface area contributed by atoms with Gasteiger partial charge in [-0.3, -0.25) is 4.98 Å². The number of aryl methyl sites for hydroxylation is 1. The Morgan fingerprint density at radius 2 is 2.20 bits per heavy atom. The second-order valence-electron chi connectivity index (χ2n) is 3.03. The van der Waals surface area contributed by atoms with E-state index in [1.54, 1.807) is 0 Å². The smallest absolute Gasteiger partial charge is 0.337 e. The van der Waals surface area contributed by atoms with Crippen molar-refractivity contribution in [1.29, 1.82) is 0 Å². The molecule has 0 amide bonds. The van der Waals surface area contributed by atoms with Crippen LogP contribution in [0.4, 0.5) is 0 Å². The summed E-state index contributed by atoms with van der Waals surface area (Å²) in [6.07, 6.45) is -0.648. The van der Waals surface area contributed by atoms with Crippen molar-refractivity contribution in [2.75, 3.05) is 0 Å². The van der Waals surface area contributed by atoms with Crippen molar-refractivity contribution in [1.82, 2.24) is 4.98 Å². The summed E-state index contributed by atoms with van der Waals surface area (Å²) in [4.78, 5) is 14.3. The predicted molar refractivity (Wildman–Crippen MR) is 49.2 cm³/mol. The maximum Gasteiger partial charge on any atom is 0.337 e. The number of aliphatic carboxylic acids is 1. The van der Waals surface area contributed by atoms with Crippen molar-refractivity contribution in [3.8, 4) is 5.75 Å². The van der Waals surface area contributed by atoms with E-state index in [9.17, 15) is 15.0 Å². The lowest BCUT2D eigenvalue weighted by molar-refractivity contribution is -0.147. The fourth-order valence-electron chi connectivity index (χ4n) is 1.21. The van der Waals surface area contributed by atoms with Gasteiger partial charge in [-0.05, 0) is 6.92 Å². The quantitative estimate of drug-likeness (QED) is 0.549. The fourth-order valence-corrected chi connectivity index (χ4v) is 1.21. The second-order valence-corrected chi connectivity index (χ2v) is 3.03. The molecule has 0 saturated heterocycles. The summed E-state index contributed by atoms with van der Waals surface area (Å²) in [5.41, 5.74) is 0.0769. The number of hydrogen-bond acceptors (Lipinski definition) is 5. The fraction of sp³-hybridized carbons (Fsp3) is 0.333. The minimum absolute atomic E-state index is 0.0907. The zero-order valence-electron chi connectivity index (χ0n) is 8.01. The molecule has 0 aliphatic heterocycles. The third-order valence-corrected chi connectivity index (χ3v) is 2.04. The number of carbonyl (C=O) groups is 1. The molecule has 1 atom stereocenters. The first-order chi connectivity index (χ1) is 6.99. The first-order valence-corrected chi connectivity index (χ1v) is 4.18. The Kier molecular flexibility index (Phi) is 3.23. The molecular formula is C9H11NO5. The maximum atomic E-state index is 10.6. The van der Waals surface area contributed by atoms with Crippen molar-refractivity contribution < 1.29 is 25.2 Å². The van der Waals surface area contributed by atoms with Crippen molar-refractivity contribution in [3.05, 3.63) is 23.0 Å². The van der Waals surface area contributed by atoms with Gasteiger partial charge in [-0.2, -0.15) is 0 Å². The average molecular weight is 213 g/mol. The highest BCUT2D eigenvalue weighted by Crippen LogP contribution is 2.29. The molecule has 0 spiro atoms. The highest BCUT2D eigenvalue weighted by molar-refractivity contribution is 5.76. The number of aromatic hydroxyl groups is 1. The van der Waals surface area contributed by atoms with Crippen LogP contribution in [0.3, 0.4) is 0 Å². The number of rotatable bonds is 3. The normalized spacial score (nSPS) is 12.5. The van der Waals surface area contributed by atoms with E-state index in [1.165, 1.54) is 13.1 Å². The van der Waals surface area contributed by atoms with Crippen LogP contribution in [-0.2, 0) is 11.4 Å². The minimum Gasteiger partial charge on any atom is -0.506 e. The van der Waals surface area contributed by atoms with E-state index in [0.717, 1.165) is 0 Å². The molecule has 0 saturated carbocycles. The van der Waals surface area contributed by atoms with Crippen molar-refractivity contribution in [3.63, 3.8) is 0 Å². The van der Waals surface area contributed by atoms with Gasteiger partial charge in [0.15, 0.2) is 6.10 Å². The molecule has 0 fully saturated rings. The monoisotopic (exact) mass is 213 g/mol. The van der Waals surface area contributed by atoms with Gasteiger partial charge in [0, 0.05) is 17.3 Å². The van der Waals surface area contributed by atoms with Crippen LogP contribution in [0.1, 0.15) is 22.9 Å². The summed E-state index contributed by atoms with van der Waals surface area (Å²) in [6.45, 7) is 0.967. The summed E-state index contributed by atoms with van der Waals surface area (Å²) in [5.74, 6) is -1.90. The molecule has 6 heteroatoms. The Bertz CT molecular complexity index is 390. The SMILES string of the molecule is Cc1ncc(CO)c(C(O)C(=O)O)c1O. The number of aliphatic hydroxyl groups is 2. The summed E-state index contributed by atoms with van der Waals surface area (Å²) in [7, 11) is 0. The van der Waals surface area contributed by atoms with E-state index in [1.807, 2.05) is 0 Å². The van der Waals surface area contributed by atoms with E-state index in [2.05, 4.69) is 4.98 Å². The van der Waals surface area contributed by atoms with Gasteiger partial charge in [0.1, 0.15) is 5.75 Å². The molecule has 0 aromatic carbocycles. The standard InChI is InChI=1S/C9H11NO5/c1-4-7(12)6(8(13)9(14)15)5(3-11)2-10-4/h2,8,11-13H,3H2,1H3,(H,14,15). The Labute approximate surface area is 85.4 Å². The first-order valence-electron chi connectivity index (χ1n) is 4.18. The zero-order chi connectivity index (χ0) is 11.6. The Hall–Kier alpha value is -1.66. The van der Waals surface area contributed by atoms with Gasteiger partial charge in [-0.1, -0.05) is 0 Å². The molecule has 4 N–H and O–H groups in total. The highest BCUT2D eigenvalue weighted by atomic mass is 16.4. The third kappa shape index (κ3) is 2.05. The highest BCUT2D eigenvalue weighted by Gasteiger charge is 2.24. The van der Waals surface area contributed by atoms with Crippen LogP contribution in [0.25, 0.3) is 0 Å². The number of carboxylic acids is 1. The molecule has 1 heterocycles. The summed E-state index contributed by atoms with van der Waals surface area (Å²) in [6, 6.07) is 0. The van der Waals surface area contributed by atoms with Crippen LogP contribution in [0.5, 0.6) is 5.75 Å². The summed E-state index contributed by atoms with van der Waals surface area (Å²) >= 11 is 0. The third-order valence-electron chi connectivity index (χ3n) is 2.04. The van der Waals surface area contributed by atoms with Crippen LogP contribution in [-0.4, -0.2) is 31.4 Å². The Balaban J connectivity index is 3.35. The molecule has 1 aromatic heterocycles. The molecule has 0 aliphatic rings. The molecule has 1 unspecified atom stereocenters. The number of nitrogens with zero attached hydrogens (tertiary/aromatic N) is 1. The van der Waals surface area contributed by atoms with Gasteiger partial charge < -0.3 is 20.4 Å². The number of hydrogen-bond donors (Lipinski definition) is 4. The van der Waals surface area contributed by atoms with Gasteiger partial charge in [0.05, 0.1) is 12.3 Å². The van der Waals surface area contributed by atoms with Crippen molar-refractivity contribution >= 4 is 5.97 Å². The average Bonchev–Trinajstić information content (AvgIpc) is 2.20. The largest absolute Gasteiger partial charge is 0.506 e. The van der Waals surface area contributed by atoms with Crippen molar-refractivity contribution in [2.24, 2.45) is 0 Å². The van der Waals surface area contributed by atoms with Crippen LogP contribution in [0.2, 0.25) is 0 Å². The van der Waals surface area contributed by atoms with Crippen LogP contribution < -0.4 is 0 Å². The summed E-state index contributed by atoms with van der Waals surface area (Å²) < 4.78 is 0. The van der Waals surface area contributed by atoms with E-state index in [-0.39, 0.29) is 16.8 Å². The second kappa shape index (κ2) is 4.24. The van der Waals surface area contributed by atoms with Gasteiger partial charge in [0.2, 0.25) is 0 Å². The molecule has 6 nitrogen and oxygen atoms in total. The van der Waals surface area contributed by atoms with E-state index in [4.69, 9.17) is 10.2 Å². The number of aromatic nitrogens is 1. The molecule has 1 aromatic rings. The first kappa shape index (κ1) is 11.4. The van der Waals surface area contributed by atoms with Gasteiger partial charge in [0.25, 0.3) is 0 Å². The van der Waals surface area contributed by atoms with Crippen LogP contribution in [0, 0.1) is 6.92 Å². The van der Waals surface area contributed by atoms with Crippen LogP contribution in [0.15, 0.2) is 6.20 Å². The van der Waals surface area contributed by atoms with E-state index >= 15 is 0 Å². The summed E-state index contributed by atoms with van der Waals surface area (Å²) in [5, 5.41) is 36.4. The minimum atomic E-state index is -1.87. The lowest BCUT2D eigenvalue weighted by Crippen LogP contribution is -2.14. The predicted octanol–water partition coefficient (Wildman–Crippen LogP) is -0.294. The van der Waals surface area contributed by atoms with Crippen LogP contribution >= 0.6 is 0 Å². The molecular weight excluding hydrogens is 202 g/mol. The molecule has 1 rings (SSSR count). The topological polar surface area (TPSA) is 111 Å². The molecule has 15 heavy (non-hydrogen) atoms. The number of carboxylic acid groups (broad SMARTS) is 1. The number of aliphatic hydroxyl groups excluding tert-OH is 2. The van der Waals surface area contributed by atoms with Gasteiger partial charge in [-0.25, -0.2) is 4.79 Å². The van der Waals surface area contributed by atoms with Gasteiger partial charge in [-0.15, -0.1) is 0 Å². The Morgan fingerprint density at radius 1 is 1.60 bits per heavy atom. The van der Waals surface area contributed by atoms with Crippen molar-refractivity contribution in [2.45, 2.75) is 19.6 Å².